The Morgan fingerprint density at radius 1 is 1.12 bits per heavy atom. The number of thiazole rings is 1. The minimum absolute atomic E-state index is 0.0658. The largest absolute Gasteiger partial charge is 0.369 e. The summed E-state index contributed by atoms with van der Waals surface area (Å²) in [6, 6.07) is 6.80. The van der Waals surface area contributed by atoms with Crippen LogP contribution in [0.4, 0.5) is 5.69 Å². The molecule has 1 aromatic carbocycles. The number of likely N-dealkylation sites (N-methyl/N-ethyl adjacent to an activating group) is 1. The molecule has 2 fully saturated rings. The molecule has 8 nitrogen and oxygen atoms in total. The molecule has 0 radical (unpaired) electrons. The van der Waals surface area contributed by atoms with Gasteiger partial charge in [0, 0.05) is 57.1 Å². The zero-order valence-electron chi connectivity index (χ0n) is 19.0. The van der Waals surface area contributed by atoms with E-state index in [2.05, 4.69) is 64.2 Å². The van der Waals surface area contributed by atoms with Gasteiger partial charge in [0.25, 0.3) is 5.91 Å². The molecule has 0 spiro atoms. The van der Waals surface area contributed by atoms with Gasteiger partial charge in [-0.25, -0.2) is 4.98 Å². The number of piperidine rings is 1. The fraction of sp³-hybridized carbons (Fsp3) is 0.522. The lowest BCUT2D eigenvalue weighted by Crippen LogP contribution is -2.44. The Balaban J connectivity index is 1.31. The minimum atomic E-state index is 0.0658. The summed E-state index contributed by atoms with van der Waals surface area (Å²) in [6.07, 6.45) is 3.70. The second-order valence-electron chi connectivity index (χ2n) is 9.02. The summed E-state index contributed by atoms with van der Waals surface area (Å²) in [6.45, 7) is 5.71. The maximum atomic E-state index is 13.0. The zero-order chi connectivity index (χ0) is 22.2. The summed E-state index contributed by atoms with van der Waals surface area (Å²) in [4.78, 5) is 27.1. The number of rotatable bonds is 4. The van der Waals surface area contributed by atoms with E-state index in [9.17, 15) is 4.79 Å². The van der Waals surface area contributed by atoms with Crippen LogP contribution in [0.15, 0.2) is 28.9 Å². The number of benzene rings is 1. The molecule has 2 saturated heterocycles. The Kier molecular flexibility index (Phi) is 5.88. The average Bonchev–Trinajstić information content (AvgIpc) is 3.46. The Bertz CT molecular complexity index is 1090. The molecule has 2 aliphatic rings. The molecule has 0 unspecified atom stereocenters. The molecular formula is C23H30N6O2S. The second-order valence-corrected chi connectivity index (χ2v) is 10.0. The lowest BCUT2D eigenvalue weighted by atomic mass is 10.0. The van der Waals surface area contributed by atoms with E-state index in [1.54, 1.807) is 6.20 Å². The first-order chi connectivity index (χ1) is 15.5. The van der Waals surface area contributed by atoms with E-state index in [0.717, 1.165) is 73.8 Å². The van der Waals surface area contributed by atoms with Crippen LogP contribution in [-0.2, 0) is 0 Å². The molecule has 0 aliphatic carbocycles. The number of amides is 1. The molecular weight excluding hydrogens is 424 g/mol. The summed E-state index contributed by atoms with van der Waals surface area (Å²) in [7, 11) is 6.37. The Morgan fingerprint density at radius 2 is 1.88 bits per heavy atom. The Hall–Kier alpha value is -2.49. The molecule has 9 heteroatoms. The molecule has 2 aliphatic heterocycles. The van der Waals surface area contributed by atoms with Crippen molar-refractivity contribution < 1.29 is 9.32 Å². The number of piperazine rings is 1. The highest BCUT2D eigenvalue weighted by Crippen LogP contribution is 2.33. The van der Waals surface area contributed by atoms with Gasteiger partial charge in [0.05, 0.1) is 11.6 Å². The van der Waals surface area contributed by atoms with E-state index in [1.807, 2.05) is 4.90 Å². The van der Waals surface area contributed by atoms with Gasteiger partial charge in [-0.1, -0.05) is 5.16 Å². The van der Waals surface area contributed by atoms with Crippen molar-refractivity contribution in [2.45, 2.75) is 18.9 Å². The lowest BCUT2D eigenvalue weighted by Gasteiger charge is -2.34. The van der Waals surface area contributed by atoms with E-state index in [4.69, 9.17) is 4.52 Å². The fourth-order valence-corrected chi connectivity index (χ4v) is 5.44. The third-order valence-electron chi connectivity index (χ3n) is 6.73. The normalized spacial score (nSPS) is 18.8. The minimum Gasteiger partial charge on any atom is -0.369 e. The number of hydrogen-bond donors (Lipinski definition) is 0. The number of nitrogens with zero attached hydrogens (tertiary/aromatic N) is 6. The first-order valence-corrected chi connectivity index (χ1v) is 12.1. The van der Waals surface area contributed by atoms with Gasteiger partial charge in [0.15, 0.2) is 5.58 Å². The van der Waals surface area contributed by atoms with Crippen molar-refractivity contribution in [1.82, 2.24) is 24.8 Å². The summed E-state index contributed by atoms with van der Waals surface area (Å²) in [5.74, 6) is 0.0658. The van der Waals surface area contributed by atoms with Crippen LogP contribution in [-0.4, -0.2) is 97.2 Å². The molecule has 3 aromatic rings. The van der Waals surface area contributed by atoms with Gasteiger partial charge in [-0.05, 0) is 46.1 Å². The molecule has 0 bridgehead atoms. The van der Waals surface area contributed by atoms with E-state index in [0.29, 0.717) is 16.6 Å². The first-order valence-electron chi connectivity index (χ1n) is 11.2. The summed E-state index contributed by atoms with van der Waals surface area (Å²) >= 11 is 1.40. The van der Waals surface area contributed by atoms with Crippen molar-refractivity contribution in [1.29, 1.82) is 0 Å². The number of carbonyl (C=O) groups is 1. The number of fused-ring (bicyclic) bond motifs is 1. The first kappa shape index (κ1) is 21.4. The maximum absolute atomic E-state index is 13.0. The van der Waals surface area contributed by atoms with Crippen LogP contribution in [0.2, 0.25) is 0 Å². The van der Waals surface area contributed by atoms with Crippen molar-refractivity contribution in [3.8, 4) is 10.7 Å². The van der Waals surface area contributed by atoms with Crippen molar-refractivity contribution in [3.63, 3.8) is 0 Å². The topological polar surface area (TPSA) is 69.0 Å². The third kappa shape index (κ3) is 4.12. The number of anilines is 1. The number of aromatic nitrogens is 2. The lowest BCUT2D eigenvalue weighted by molar-refractivity contribution is 0.0668. The van der Waals surface area contributed by atoms with Gasteiger partial charge in [0.2, 0.25) is 0 Å². The second kappa shape index (κ2) is 8.80. The molecule has 2 aromatic heterocycles. The van der Waals surface area contributed by atoms with Crippen LogP contribution in [0.5, 0.6) is 0 Å². The predicted octanol–water partition coefficient (Wildman–Crippen LogP) is 2.87. The molecule has 4 heterocycles. The van der Waals surface area contributed by atoms with Gasteiger partial charge in [-0.2, -0.15) is 0 Å². The Morgan fingerprint density at radius 3 is 2.59 bits per heavy atom. The molecule has 1 amide bonds. The van der Waals surface area contributed by atoms with Crippen molar-refractivity contribution >= 4 is 33.9 Å². The van der Waals surface area contributed by atoms with Gasteiger partial charge in [0.1, 0.15) is 15.6 Å². The molecule has 0 N–H and O–H groups in total. The van der Waals surface area contributed by atoms with Crippen LogP contribution in [0, 0.1) is 0 Å². The molecule has 32 heavy (non-hydrogen) atoms. The highest BCUT2D eigenvalue weighted by atomic mass is 32.1. The van der Waals surface area contributed by atoms with Crippen molar-refractivity contribution in [2.75, 3.05) is 65.3 Å². The van der Waals surface area contributed by atoms with Gasteiger partial charge >= 0.3 is 0 Å². The van der Waals surface area contributed by atoms with Gasteiger partial charge in [-0.3, -0.25) is 4.79 Å². The van der Waals surface area contributed by atoms with Crippen LogP contribution in [0.25, 0.3) is 21.7 Å². The highest BCUT2D eigenvalue weighted by molar-refractivity contribution is 7.17. The van der Waals surface area contributed by atoms with Crippen molar-refractivity contribution in [3.05, 3.63) is 29.3 Å². The van der Waals surface area contributed by atoms with Gasteiger partial charge in [-0.15, -0.1) is 11.3 Å². The van der Waals surface area contributed by atoms with Crippen molar-refractivity contribution in [2.24, 2.45) is 0 Å². The fourth-order valence-electron chi connectivity index (χ4n) is 4.57. The molecule has 170 valence electrons. The SMILES string of the molecule is CN1CCN(c2ccc3c(-c4ncc(C(=O)N5CCC(N(C)C)CC5)s4)noc3c2)CC1. The smallest absolute Gasteiger partial charge is 0.265 e. The van der Waals surface area contributed by atoms with E-state index >= 15 is 0 Å². The average molecular weight is 455 g/mol. The zero-order valence-corrected chi connectivity index (χ0v) is 19.8. The van der Waals surface area contributed by atoms with Gasteiger partial charge < -0.3 is 24.1 Å². The standard InChI is InChI=1S/C23H30N6O2S/c1-26(2)16-6-8-29(9-7-16)23(30)20-15-24-22(32-20)21-18-5-4-17(14-19(18)31-25-21)28-12-10-27(3)11-13-28/h4-5,14-16H,6-13H2,1-3H3. The van der Waals surface area contributed by atoms with E-state index in [1.165, 1.54) is 11.3 Å². The summed E-state index contributed by atoms with van der Waals surface area (Å²) in [5, 5.41) is 5.95. The molecule has 0 atom stereocenters. The van der Waals surface area contributed by atoms with E-state index < -0.39 is 0 Å². The number of hydrogen-bond acceptors (Lipinski definition) is 8. The Labute approximate surface area is 192 Å². The van der Waals surface area contributed by atoms with Crippen LogP contribution < -0.4 is 4.90 Å². The van der Waals surface area contributed by atoms with E-state index in [-0.39, 0.29) is 5.91 Å². The molecule has 0 saturated carbocycles. The highest BCUT2D eigenvalue weighted by Gasteiger charge is 2.26. The number of likely N-dealkylation sites (tertiary alicyclic amines) is 1. The summed E-state index contributed by atoms with van der Waals surface area (Å²) < 4.78 is 5.66. The quantitative estimate of drug-likeness (QED) is 0.600. The van der Waals surface area contributed by atoms with Crippen LogP contribution in [0.1, 0.15) is 22.5 Å². The maximum Gasteiger partial charge on any atom is 0.265 e. The van der Waals surface area contributed by atoms with Crippen LogP contribution >= 0.6 is 11.3 Å². The molecule has 5 rings (SSSR count). The summed E-state index contributed by atoms with van der Waals surface area (Å²) in [5.41, 5.74) is 2.62. The monoisotopic (exact) mass is 454 g/mol. The van der Waals surface area contributed by atoms with Crippen LogP contribution in [0.3, 0.4) is 0 Å². The third-order valence-corrected chi connectivity index (χ3v) is 7.72. The predicted molar refractivity (Wildman–Crippen MR) is 127 cm³/mol. The number of carbonyl (C=O) groups excluding carboxylic acids is 1.